The van der Waals surface area contributed by atoms with Gasteiger partial charge in [-0.1, -0.05) is 11.1 Å². The molecular formula is C4H9LiO4S2. The Kier molecular flexibility index (Phi) is 8.01. The van der Waals surface area contributed by atoms with Crippen molar-refractivity contribution in [3.05, 3.63) is 0 Å². The van der Waals surface area contributed by atoms with Crippen LogP contribution in [0, 0.1) is 0 Å². The van der Waals surface area contributed by atoms with Crippen LogP contribution in [0.1, 0.15) is 6.42 Å². The summed E-state index contributed by atoms with van der Waals surface area (Å²) in [6.07, 6.45) is 1.27. The van der Waals surface area contributed by atoms with Crippen molar-refractivity contribution in [2.45, 2.75) is 6.42 Å². The van der Waals surface area contributed by atoms with Crippen molar-refractivity contribution in [2.24, 2.45) is 0 Å². The largest absolute Gasteiger partial charge is 1.00 e. The molecule has 62 valence electrons. The summed E-state index contributed by atoms with van der Waals surface area (Å²) in [5, 5.41) is 0. The monoisotopic (exact) mass is 192 g/mol. The summed E-state index contributed by atoms with van der Waals surface area (Å²) in [6, 6.07) is 0. The van der Waals surface area contributed by atoms with E-state index in [1.807, 2.05) is 0 Å². The zero-order valence-electron chi connectivity index (χ0n) is 6.57. The van der Waals surface area contributed by atoms with Gasteiger partial charge in [0.15, 0.2) is 0 Å². The molecule has 1 unspecified atom stereocenters. The average molecular weight is 192 g/mol. The fourth-order valence-corrected chi connectivity index (χ4v) is 1.67. The van der Waals surface area contributed by atoms with Gasteiger partial charge in [0, 0.05) is 12.0 Å². The summed E-state index contributed by atoms with van der Waals surface area (Å²) in [5.74, 6) is -0.131. The smallest absolute Gasteiger partial charge is 0.772 e. The van der Waals surface area contributed by atoms with Gasteiger partial charge in [-0.3, -0.25) is 4.21 Å². The molecule has 7 heteroatoms. The SMILES string of the molecule is CS(=O)(=O)CCCS(=O)[O-].[Li+]. The van der Waals surface area contributed by atoms with Gasteiger partial charge < -0.3 is 4.55 Å². The van der Waals surface area contributed by atoms with Crippen LogP contribution in [0.15, 0.2) is 0 Å². The summed E-state index contributed by atoms with van der Waals surface area (Å²) >= 11 is -2.11. The zero-order chi connectivity index (χ0) is 8.20. The second kappa shape index (κ2) is 6.20. The van der Waals surface area contributed by atoms with Gasteiger partial charge in [0.05, 0.1) is 5.75 Å². The molecule has 0 saturated carbocycles. The first-order valence-electron chi connectivity index (χ1n) is 2.65. The molecule has 0 N–H and O–H groups in total. The Morgan fingerprint density at radius 2 is 1.91 bits per heavy atom. The molecule has 0 aliphatic carbocycles. The zero-order valence-corrected chi connectivity index (χ0v) is 8.20. The predicted molar refractivity (Wildman–Crippen MR) is 38.1 cm³/mol. The molecule has 0 amide bonds. The Morgan fingerprint density at radius 3 is 2.18 bits per heavy atom. The Hall–Kier alpha value is 0.657. The van der Waals surface area contributed by atoms with Gasteiger partial charge >= 0.3 is 18.9 Å². The topological polar surface area (TPSA) is 74.3 Å². The van der Waals surface area contributed by atoms with Gasteiger partial charge in [0.25, 0.3) is 0 Å². The van der Waals surface area contributed by atoms with Crippen molar-refractivity contribution < 1.29 is 36.0 Å². The van der Waals surface area contributed by atoms with E-state index < -0.39 is 20.9 Å². The summed E-state index contributed by atoms with van der Waals surface area (Å²) < 4.78 is 40.6. The van der Waals surface area contributed by atoms with Gasteiger partial charge in [0.1, 0.15) is 9.84 Å². The third-order valence-corrected chi connectivity index (χ3v) is 2.48. The Labute approximate surface area is 81.1 Å². The van der Waals surface area contributed by atoms with Crippen molar-refractivity contribution in [1.29, 1.82) is 0 Å². The van der Waals surface area contributed by atoms with Crippen LogP contribution in [0.4, 0.5) is 0 Å². The van der Waals surface area contributed by atoms with E-state index in [4.69, 9.17) is 0 Å². The Bertz CT molecular complexity index is 210. The molecule has 0 aliphatic rings. The van der Waals surface area contributed by atoms with E-state index in [-0.39, 0.29) is 36.8 Å². The predicted octanol–water partition coefficient (Wildman–Crippen LogP) is -3.70. The van der Waals surface area contributed by atoms with Crippen molar-refractivity contribution in [1.82, 2.24) is 0 Å². The molecule has 0 saturated heterocycles. The molecular weight excluding hydrogens is 183 g/mol. The van der Waals surface area contributed by atoms with Crippen LogP contribution < -0.4 is 18.9 Å². The Morgan fingerprint density at radius 1 is 1.45 bits per heavy atom. The van der Waals surface area contributed by atoms with Gasteiger partial charge in [-0.25, -0.2) is 8.42 Å². The van der Waals surface area contributed by atoms with E-state index >= 15 is 0 Å². The number of hydrogen-bond donors (Lipinski definition) is 0. The van der Waals surface area contributed by atoms with E-state index in [1.54, 1.807) is 0 Å². The molecule has 0 bridgehead atoms. The van der Waals surface area contributed by atoms with Crippen molar-refractivity contribution in [2.75, 3.05) is 17.8 Å². The van der Waals surface area contributed by atoms with Crippen LogP contribution in [0.3, 0.4) is 0 Å². The standard InChI is InChI=1S/C4H10O4S2.Li/c1-10(7,8)4-2-3-9(5)6;/h2-4H2,1H3,(H,5,6);/q;+1/p-1. The van der Waals surface area contributed by atoms with Crippen LogP contribution in [0.25, 0.3) is 0 Å². The summed E-state index contributed by atoms with van der Waals surface area (Å²) in [7, 11) is -2.99. The fraction of sp³-hybridized carbons (Fsp3) is 1.00. The molecule has 0 aromatic rings. The molecule has 0 heterocycles. The van der Waals surface area contributed by atoms with E-state index in [0.29, 0.717) is 0 Å². The van der Waals surface area contributed by atoms with Crippen LogP contribution in [0.5, 0.6) is 0 Å². The van der Waals surface area contributed by atoms with Gasteiger partial charge in [-0.2, -0.15) is 0 Å². The van der Waals surface area contributed by atoms with Gasteiger partial charge in [0.2, 0.25) is 0 Å². The molecule has 1 atom stereocenters. The number of rotatable bonds is 4. The molecule has 0 aromatic heterocycles. The van der Waals surface area contributed by atoms with Gasteiger partial charge in [-0.15, -0.1) is 0 Å². The maximum atomic E-state index is 10.4. The van der Waals surface area contributed by atoms with E-state index in [9.17, 15) is 17.2 Å². The fourth-order valence-electron chi connectivity index (χ4n) is 0.439. The average Bonchev–Trinajstić information content (AvgIpc) is 1.59. The minimum Gasteiger partial charge on any atom is -0.772 e. The van der Waals surface area contributed by atoms with Crippen molar-refractivity contribution in [3.63, 3.8) is 0 Å². The maximum absolute atomic E-state index is 10.4. The molecule has 0 radical (unpaired) electrons. The second-order valence-corrected chi connectivity index (χ2v) is 5.27. The van der Waals surface area contributed by atoms with Crippen LogP contribution in [-0.2, 0) is 20.9 Å². The summed E-state index contributed by atoms with van der Waals surface area (Å²) in [6.45, 7) is 0. The van der Waals surface area contributed by atoms with Crippen molar-refractivity contribution in [3.8, 4) is 0 Å². The van der Waals surface area contributed by atoms with E-state index in [2.05, 4.69) is 0 Å². The van der Waals surface area contributed by atoms with Crippen LogP contribution in [-0.4, -0.2) is 34.9 Å². The third-order valence-electron chi connectivity index (χ3n) is 0.826. The van der Waals surface area contributed by atoms with Crippen LogP contribution in [0.2, 0.25) is 0 Å². The first-order valence-corrected chi connectivity index (χ1v) is 5.96. The summed E-state index contributed by atoms with van der Waals surface area (Å²) in [4.78, 5) is 0. The van der Waals surface area contributed by atoms with E-state index in [1.165, 1.54) is 0 Å². The van der Waals surface area contributed by atoms with Crippen LogP contribution >= 0.6 is 0 Å². The Balaban J connectivity index is 0. The molecule has 11 heavy (non-hydrogen) atoms. The van der Waals surface area contributed by atoms with E-state index in [0.717, 1.165) is 6.26 Å². The number of hydrogen-bond acceptors (Lipinski definition) is 4. The van der Waals surface area contributed by atoms with Crippen molar-refractivity contribution >= 4 is 20.9 Å². The molecule has 0 aliphatic heterocycles. The first-order chi connectivity index (χ1) is 4.42. The summed E-state index contributed by atoms with van der Waals surface area (Å²) in [5.41, 5.74) is 0. The molecule has 0 rings (SSSR count). The molecule has 4 nitrogen and oxygen atoms in total. The minimum atomic E-state index is -2.99. The first kappa shape index (κ1) is 14.2. The molecule has 0 fully saturated rings. The molecule has 0 aromatic carbocycles. The molecule has 0 spiro atoms. The maximum Gasteiger partial charge on any atom is 1.00 e. The minimum absolute atomic E-state index is 0. The quantitative estimate of drug-likeness (QED) is 0.339. The number of sulfone groups is 1. The normalized spacial score (nSPS) is 13.6. The second-order valence-electron chi connectivity index (χ2n) is 1.99. The third kappa shape index (κ3) is 13.6. The van der Waals surface area contributed by atoms with Gasteiger partial charge in [-0.05, 0) is 6.42 Å².